The summed E-state index contributed by atoms with van der Waals surface area (Å²) in [5, 5.41) is 0. The summed E-state index contributed by atoms with van der Waals surface area (Å²) >= 11 is 0. The number of hydrogen-bond donors (Lipinski definition) is 0. The maximum Gasteiger partial charge on any atom is 0.378 e. The molecule has 0 aliphatic heterocycles. The minimum atomic E-state index is -3.57. The molecule has 0 atom stereocenters. The van der Waals surface area contributed by atoms with Gasteiger partial charge in [0.15, 0.2) is 0 Å². The van der Waals surface area contributed by atoms with Crippen LogP contribution in [0.3, 0.4) is 0 Å². The van der Waals surface area contributed by atoms with E-state index in [-0.39, 0.29) is 0 Å². The number of aryl methyl sites for hydroxylation is 1. The second-order valence-corrected chi connectivity index (χ2v) is 9.65. The van der Waals surface area contributed by atoms with Gasteiger partial charge in [-0.05, 0) is 43.0 Å². The number of rotatable bonds is 10. The maximum atomic E-state index is 14.2. The molecule has 0 saturated heterocycles. The van der Waals surface area contributed by atoms with E-state index < -0.39 is 7.60 Å². The van der Waals surface area contributed by atoms with E-state index in [2.05, 4.69) is 34.9 Å². The predicted octanol–water partition coefficient (Wildman–Crippen LogP) is 6.96. The zero-order valence-electron chi connectivity index (χ0n) is 19.2. The molecule has 4 rings (SSSR count). The molecule has 0 radical (unpaired) electrons. The van der Waals surface area contributed by atoms with Crippen LogP contribution in [-0.2, 0) is 26.6 Å². The Hall–Kier alpha value is -2.91. The standard InChI is InChI=1S/C28H30NO3P/c1-3-31-33(30,32-4-2)28-26(24-16-10-6-11-17-24)22-27(25-18-12-7-13-19-25)29(28)21-20-23-14-8-5-9-15-23/h5-19,22H,3-4,20-21H2,1-2H3. The van der Waals surface area contributed by atoms with Gasteiger partial charge < -0.3 is 13.6 Å². The second kappa shape index (κ2) is 10.8. The normalized spacial score (nSPS) is 11.6. The SMILES string of the molecule is CCOP(=O)(OCC)c1c(-c2ccccc2)cc(-c2ccccc2)n1CCc1ccccc1. The average Bonchev–Trinajstić information content (AvgIpc) is 3.25. The van der Waals surface area contributed by atoms with Crippen LogP contribution in [0.4, 0.5) is 0 Å². The van der Waals surface area contributed by atoms with Crippen molar-refractivity contribution in [2.75, 3.05) is 13.2 Å². The summed E-state index contributed by atoms with van der Waals surface area (Å²) in [5.74, 6) is 0. The minimum Gasteiger partial charge on any atom is -0.333 e. The maximum absolute atomic E-state index is 14.2. The number of aromatic nitrogens is 1. The van der Waals surface area contributed by atoms with E-state index in [0.717, 1.165) is 28.8 Å². The molecule has 0 aliphatic carbocycles. The first-order valence-corrected chi connectivity index (χ1v) is 13.0. The first-order valence-electron chi connectivity index (χ1n) is 11.4. The zero-order chi connectivity index (χ0) is 23.1. The summed E-state index contributed by atoms with van der Waals surface area (Å²) in [4.78, 5) is 0. The fourth-order valence-corrected chi connectivity index (χ4v) is 6.11. The number of nitrogens with zero attached hydrogens (tertiary/aromatic N) is 1. The van der Waals surface area contributed by atoms with Gasteiger partial charge in [-0.25, -0.2) is 0 Å². The predicted molar refractivity (Wildman–Crippen MR) is 136 cm³/mol. The quantitative estimate of drug-likeness (QED) is 0.241. The summed E-state index contributed by atoms with van der Waals surface area (Å²) in [7, 11) is -3.57. The minimum absolute atomic E-state index is 0.302. The van der Waals surface area contributed by atoms with E-state index in [9.17, 15) is 4.57 Å². The molecule has 170 valence electrons. The van der Waals surface area contributed by atoms with E-state index in [1.807, 2.05) is 80.6 Å². The molecular formula is C28H30NO3P. The van der Waals surface area contributed by atoms with Gasteiger partial charge in [0.2, 0.25) is 0 Å². The van der Waals surface area contributed by atoms with E-state index in [0.29, 0.717) is 25.2 Å². The van der Waals surface area contributed by atoms with Gasteiger partial charge in [0.25, 0.3) is 0 Å². The van der Waals surface area contributed by atoms with Crippen molar-refractivity contribution in [2.24, 2.45) is 0 Å². The largest absolute Gasteiger partial charge is 0.378 e. The molecule has 1 aromatic heterocycles. The molecule has 0 aliphatic rings. The summed E-state index contributed by atoms with van der Waals surface area (Å²) in [5.41, 5.74) is 5.77. The zero-order valence-corrected chi connectivity index (χ0v) is 20.1. The van der Waals surface area contributed by atoms with Gasteiger partial charge in [0.1, 0.15) is 5.44 Å². The van der Waals surface area contributed by atoms with E-state index in [1.54, 1.807) is 0 Å². The highest BCUT2D eigenvalue weighted by atomic mass is 31.2. The van der Waals surface area contributed by atoms with Crippen LogP contribution in [0.15, 0.2) is 97.1 Å². The Morgan fingerprint density at radius 3 is 1.79 bits per heavy atom. The van der Waals surface area contributed by atoms with E-state index >= 15 is 0 Å². The molecule has 1 heterocycles. The van der Waals surface area contributed by atoms with Crippen LogP contribution in [0.1, 0.15) is 19.4 Å². The molecule has 0 amide bonds. The van der Waals surface area contributed by atoms with E-state index in [1.165, 1.54) is 5.56 Å². The molecule has 0 saturated carbocycles. The van der Waals surface area contributed by atoms with Crippen LogP contribution >= 0.6 is 7.60 Å². The highest BCUT2D eigenvalue weighted by Gasteiger charge is 2.35. The molecule has 4 aromatic rings. The topological polar surface area (TPSA) is 40.5 Å². The molecule has 33 heavy (non-hydrogen) atoms. The van der Waals surface area contributed by atoms with Crippen LogP contribution in [0.2, 0.25) is 0 Å². The van der Waals surface area contributed by atoms with Crippen molar-refractivity contribution in [3.8, 4) is 22.4 Å². The Labute approximate surface area is 196 Å². The van der Waals surface area contributed by atoms with Crippen LogP contribution in [0, 0.1) is 0 Å². The van der Waals surface area contributed by atoms with Crippen LogP contribution in [0.5, 0.6) is 0 Å². The fourth-order valence-electron chi connectivity index (χ4n) is 4.12. The van der Waals surface area contributed by atoms with Gasteiger partial charge in [-0.1, -0.05) is 91.0 Å². The van der Waals surface area contributed by atoms with Gasteiger partial charge in [-0.3, -0.25) is 4.57 Å². The molecule has 5 heteroatoms. The molecule has 0 fully saturated rings. The molecule has 0 bridgehead atoms. The first-order chi connectivity index (χ1) is 16.2. The van der Waals surface area contributed by atoms with Crippen molar-refractivity contribution < 1.29 is 13.6 Å². The molecule has 0 N–H and O–H groups in total. The molecule has 3 aromatic carbocycles. The third-order valence-electron chi connectivity index (χ3n) is 5.55. The first kappa shape index (κ1) is 23.3. The Morgan fingerprint density at radius 1 is 0.727 bits per heavy atom. The van der Waals surface area contributed by atoms with Gasteiger partial charge in [0, 0.05) is 17.8 Å². The van der Waals surface area contributed by atoms with E-state index in [4.69, 9.17) is 9.05 Å². The fraction of sp³-hybridized carbons (Fsp3) is 0.214. The van der Waals surface area contributed by atoms with Crippen molar-refractivity contribution in [3.05, 3.63) is 103 Å². The summed E-state index contributed by atoms with van der Waals surface area (Å²) in [6, 6.07) is 32.7. The number of benzene rings is 3. The summed E-state index contributed by atoms with van der Waals surface area (Å²) < 4.78 is 28.1. The second-order valence-electron chi connectivity index (χ2n) is 7.72. The molecule has 4 nitrogen and oxygen atoms in total. The lowest BCUT2D eigenvalue weighted by Gasteiger charge is -2.22. The Balaban J connectivity index is 1.95. The van der Waals surface area contributed by atoms with Crippen molar-refractivity contribution in [3.63, 3.8) is 0 Å². The average molecular weight is 460 g/mol. The molecule has 0 unspecified atom stereocenters. The number of hydrogen-bond acceptors (Lipinski definition) is 3. The Bertz CT molecular complexity index is 1190. The highest BCUT2D eigenvalue weighted by molar-refractivity contribution is 7.62. The van der Waals surface area contributed by atoms with Crippen LogP contribution < -0.4 is 5.44 Å². The van der Waals surface area contributed by atoms with Crippen molar-refractivity contribution in [1.82, 2.24) is 4.57 Å². The Kier molecular flexibility index (Phi) is 7.61. The third kappa shape index (κ3) is 5.20. The van der Waals surface area contributed by atoms with Gasteiger partial charge in [-0.15, -0.1) is 0 Å². The highest BCUT2D eigenvalue weighted by Crippen LogP contribution is 2.51. The lowest BCUT2D eigenvalue weighted by molar-refractivity contribution is 0.228. The summed E-state index contributed by atoms with van der Waals surface area (Å²) in [6.07, 6.45) is 0.800. The monoisotopic (exact) mass is 459 g/mol. The smallest absolute Gasteiger partial charge is 0.333 e. The molecule has 0 spiro atoms. The van der Waals surface area contributed by atoms with Crippen molar-refractivity contribution >= 4 is 13.0 Å². The van der Waals surface area contributed by atoms with Crippen LogP contribution in [-0.4, -0.2) is 17.8 Å². The van der Waals surface area contributed by atoms with Crippen molar-refractivity contribution in [2.45, 2.75) is 26.8 Å². The van der Waals surface area contributed by atoms with Crippen molar-refractivity contribution in [1.29, 1.82) is 0 Å². The molecular weight excluding hydrogens is 429 g/mol. The lowest BCUT2D eigenvalue weighted by Crippen LogP contribution is -2.23. The van der Waals surface area contributed by atoms with Gasteiger partial charge in [-0.2, -0.15) is 0 Å². The van der Waals surface area contributed by atoms with Gasteiger partial charge in [0.05, 0.1) is 13.2 Å². The third-order valence-corrected chi connectivity index (χ3v) is 7.74. The van der Waals surface area contributed by atoms with Crippen LogP contribution in [0.25, 0.3) is 22.4 Å². The summed E-state index contributed by atoms with van der Waals surface area (Å²) in [6.45, 7) is 4.96. The Morgan fingerprint density at radius 2 is 1.24 bits per heavy atom. The lowest BCUT2D eigenvalue weighted by atomic mass is 10.1. The van der Waals surface area contributed by atoms with Gasteiger partial charge >= 0.3 is 7.60 Å².